The van der Waals surface area contributed by atoms with Gasteiger partial charge >= 0.3 is 0 Å². The number of pyridine rings is 1. The first-order chi connectivity index (χ1) is 10.1. The monoisotopic (exact) mass is 295 g/mol. The lowest BCUT2D eigenvalue weighted by molar-refractivity contribution is -0.125. The van der Waals surface area contributed by atoms with Crippen LogP contribution in [0.15, 0.2) is 18.3 Å². The van der Waals surface area contributed by atoms with Gasteiger partial charge in [-0.1, -0.05) is 0 Å². The van der Waals surface area contributed by atoms with Crippen molar-refractivity contribution in [3.8, 4) is 0 Å². The molecule has 1 aliphatic heterocycles. The van der Waals surface area contributed by atoms with E-state index in [1.54, 1.807) is 19.1 Å². The van der Waals surface area contributed by atoms with Gasteiger partial charge < -0.3 is 15.0 Å². The fourth-order valence-electron chi connectivity index (χ4n) is 2.57. The summed E-state index contributed by atoms with van der Waals surface area (Å²) in [6, 6.07) is 2.54. The molecule has 114 valence electrons. The Labute approximate surface area is 122 Å². The fraction of sp³-hybridized carbons (Fsp3) is 0.500. The van der Waals surface area contributed by atoms with Gasteiger partial charge in [-0.25, -0.2) is 9.37 Å². The van der Waals surface area contributed by atoms with Gasteiger partial charge in [-0.3, -0.25) is 9.59 Å². The molecule has 1 fully saturated rings. The number of nitrogens with one attached hydrogen (secondary N) is 1. The Hall–Kier alpha value is -2.02. The SMILES string of the molecule is CNC(=O)[C@@H]1CN(C(=O)c2ccc(F)cn2)C[C@H]1COC. The molecule has 1 saturated heterocycles. The van der Waals surface area contributed by atoms with E-state index in [-0.39, 0.29) is 29.3 Å². The average Bonchev–Trinajstić information content (AvgIpc) is 2.91. The molecule has 0 radical (unpaired) electrons. The standard InChI is InChI=1S/C14H18FN3O3/c1-16-13(19)11-7-18(6-9(11)8-21-2)14(20)12-4-3-10(15)5-17-12/h3-5,9,11H,6-8H2,1-2H3,(H,16,19)/t9-,11+/m0/s1. The number of amides is 2. The van der Waals surface area contributed by atoms with Crippen molar-refractivity contribution in [1.82, 2.24) is 15.2 Å². The number of rotatable bonds is 4. The highest BCUT2D eigenvalue weighted by molar-refractivity contribution is 5.93. The van der Waals surface area contributed by atoms with Gasteiger partial charge in [0, 0.05) is 33.2 Å². The predicted molar refractivity (Wildman–Crippen MR) is 73.0 cm³/mol. The Morgan fingerprint density at radius 3 is 2.81 bits per heavy atom. The zero-order valence-corrected chi connectivity index (χ0v) is 12.0. The van der Waals surface area contributed by atoms with Crippen molar-refractivity contribution in [2.75, 3.05) is 33.9 Å². The van der Waals surface area contributed by atoms with Crippen LogP contribution in [0.1, 0.15) is 10.5 Å². The minimum atomic E-state index is -0.492. The van der Waals surface area contributed by atoms with Crippen LogP contribution in [0.4, 0.5) is 4.39 Å². The summed E-state index contributed by atoms with van der Waals surface area (Å²) < 4.78 is 18.0. The molecule has 0 saturated carbocycles. The minimum Gasteiger partial charge on any atom is -0.384 e. The molecule has 2 rings (SSSR count). The number of hydrogen-bond acceptors (Lipinski definition) is 4. The Morgan fingerprint density at radius 2 is 2.24 bits per heavy atom. The number of carbonyl (C=O) groups is 2. The number of hydrogen-bond donors (Lipinski definition) is 1. The third kappa shape index (κ3) is 3.36. The lowest BCUT2D eigenvalue weighted by Gasteiger charge is -2.15. The van der Waals surface area contributed by atoms with E-state index in [2.05, 4.69) is 10.3 Å². The maximum absolute atomic E-state index is 12.8. The summed E-state index contributed by atoms with van der Waals surface area (Å²) in [5, 5.41) is 2.60. The molecule has 1 aromatic heterocycles. The van der Waals surface area contributed by atoms with Crippen LogP contribution >= 0.6 is 0 Å². The first-order valence-corrected chi connectivity index (χ1v) is 6.68. The smallest absolute Gasteiger partial charge is 0.272 e. The van der Waals surface area contributed by atoms with Crippen molar-refractivity contribution in [2.24, 2.45) is 11.8 Å². The number of carbonyl (C=O) groups excluding carboxylic acids is 2. The molecule has 1 N–H and O–H groups in total. The summed E-state index contributed by atoms with van der Waals surface area (Å²) in [6.07, 6.45) is 1.01. The van der Waals surface area contributed by atoms with E-state index in [4.69, 9.17) is 4.74 Å². The topological polar surface area (TPSA) is 71.5 Å². The molecule has 0 aromatic carbocycles. The fourth-order valence-corrected chi connectivity index (χ4v) is 2.57. The molecule has 1 aromatic rings. The van der Waals surface area contributed by atoms with E-state index in [0.717, 1.165) is 6.20 Å². The molecule has 0 aliphatic carbocycles. The largest absolute Gasteiger partial charge is 0.384 e. The number of aromatic nitrogens is 1. The van der Waals surface area contributed by atoms with Gasteiger partial charge in [-0.05, 0) is 12.1 Å². The molecule has 2 atom stereocenters. The van der Waals surface area contributed by atoms with Gasteiger partial charge in [0.1, 0.15) is 11.5 Å². The van der Waals surface area contributed by atoms with Crippen LogP contribution in [-0.2, 0) is 9.53 Å². The molecule has 6 nitrogen and oxygen atoms in total. The molecular weight excluding hydrogens is 277 g/mol. The maximum Gasteiger partial charge on any atom is 0.272 e. The van der Waals surface area contributed by atoms with Crippen molar-refractivity contribution in [2.45, 2.75) is 0 Å². The normalized spacial score (nSPS) is 21.4. The van der Waals surface area contributed by atoms with E-state index < -0.39 is 5.82 Å². The van der Waals surface area contributed by atoms with E-state index in [9.17, 15) is 14.0 Å². The third-order valence-corrected chi connectivity index (χ3v) is 3.64. The van der Waals surface area contributed by atoms with Gasteiger partial charge in [-0.15, -0.1) is 0 Å². The highest BCUT2D eigenvalue weighted by Crippen LogP contribution is 2.25. The van der Waals surface area contributed by atoms with Gasteiger partial charge in [-0.2, -0.15) is 0 Å². The summed E-state index contributed by atoms with van der Waals surface area (Å²) >= 11 is 0. The van der Waals surface area contributed by atoms with E-state index in [1.165, 1.54) is 12.1 Å². The Kier molecular flexibility index (Phi) is 4.85. The second kappa shape index (κ2) is 6.62. The Balaban J connectivity index is 2.12. The number of nitrogens with zero attached hydrogens (tertiary/aromatic N) is 2. The third-order valence-electron chi connectivity index (χ3n) is 3.64. The van der Waals surface area contributed by atoms with E-state index in [0.29, 0.717) is 19.7 Å². The molecule has 2 amide bonds. The van der Waals surface area contributed by atoms with Crippen LogP contribution in [0.25, 0.3) is 0 Å². The molecule has 1 aliphatic rings. The summed E-state index contributed by atoms with van der Waals surface area (Å²) in [4.78, 5) is 29.6. The van der Waals surface area contributed by atoms with Crippen LogP contribution in [0, 0.1) is 17.7 Å². The molecule has 0 bridgehead atoms. The van der Waals surface area contributed by atoms with Crippen molar-refractivity contribution in [3.05, 3.63) is 29.8 Å². The summed E-state index contributed by atoms with van der Waals surface area (Å²) in [5.74, 6) is -1.27. The second-order valence-corrected chi connectivity index (χ2v) is 5.01. The number of likely N-dealkylation sites (tertiary alicyclic amines) is 1. The lowest BCUT2D eigenvalue weighted by Crippen LogP contribution is -2.34. The number of methoxy groups -OCH3 is 1. The van der Waals surface area contributed by atoms with Gasteiger partial charge in [0.05, 0.1) is 18.7 Å². The van der Waals surface area contributed by atoms with E-state index >= 15 is 0 Å². The van der Waals surface area contributed by atoms with Crippen molar-refractivity contribution in [3.63, 3.8) is 0 Å². The summed E-state index contributed by atoms with van der Waals surface area (Å²) in [5.41, 5.74) is 0.171. The summed E-state index contributed by atoms with van der Waals surface area (Å²) in [7, 11) is 3.13. The maximum atomic E-state index is 12.8. The Morgan fingerprint density at radius 1 is 1.48 bits per heavy atom. The molecule has 7 heteroatoms. The van der Waals surface area contributed by atoms with Crippen molar-refractivity contribution < 1.29 is 18.7 Å². The van der Waals surface area contributed by atoms with Crippen LogP contribution in [0.2, 0.25) is 0 Å². The number of ether oxygens (including phenoxy) is 1. The van der Waals surface area contributed by atoms with Gasteiger partial charge in [0.25, 0.3) is 5.91 Å². The van der Waals surface area contributed by atoms with Crippen LogP contribution < -0.4 is 5.32 Å². The molecule has 2 heterocycles. The first kappa shape index (κ1) is 15.4. The predicted octanol–water partition coefficient (Wildman–Crippen LogP) is 0.301. The lowest BCUT2D eigenvalue weighted by atomic mass is 9.96. The van der Waals surface area contributed by atoms with Crippen LogP contribution in [0.5, 0.6) is 0 Å². The quantitative estimate of drug-likeness (QED) is 0.867. The zero-order chi connectivity index (χ0) is 15.4. The zero-order valence-electron chi connectivity index (χ0n) is 12.0. The number of halogens is 1. The van der Waals surface area contributed by atoms with Crippen LogP contribution in [0.3, 0.4) is 0 Å². The van der Waals surface area contributed by atoms with Gasteiger partial charge in [0.2, 0.25) is 5.91 Å². The summed E-state index contributed by atoms with van der Waals surface area (Å²) in [6.45, 7) is 1.13. The van der Waals surface area contributed by atoms with E-state index in [1.807, 2.05) is 0 Å². The molecule has 0 spiro atoms. The van der Waals surface area contributed by atoms with Crippen LogP contribution in [-0.4, -0.2) is 55.6 Å². The highest BCUT2D eigenvalue weighted by Gasteiger charge is 2.39. The second-order valence-electron chi connectivity index (χ2n) is 5.01. The molecule has 0 unspecified atom stereocenters. The minimum absolute atomic E-state index is 0.0562. The first-order valence-electron chi connectivity index (χ1n) is 6.68. The van der Waals surface area contributed by atoms with Gasteiger partial charge in [0.15, 0.2) is 0 Å². The molecule has 21 heavy (non-hydrogen) atoms. The van der Waals surface area contributed by atoms with Crippen molar-refractivity contribution >= 4 is 11.8 Å². The molecular formula is C14H18FN3O3. The highest BCUT2D eigenvalue weighted by atomic mass is 19.1. The average molecular weight is 295 g/mol. The van der Waals surface area contributed by atoms with Crippen molar-refractivity contribution in [1.29, 1.82) is 0 Å². The Bertz CT molecular complexity index is 521.